The van der Waals surface area contributed by atoms with E-state index in [1.165, 1.54) is 7.11 Å². The molecule has 0 fully saturated rings. The van der Waals surface area contributed by atoms with Crippen molar-refractivity contribution in [2.75, 3.05) is 13.7 Å². The van der Waals surface area contributed by atoms with Crippen LogP contribution in [-0.2, 0) is 16.1 Å². The van der Waals surface area contributed by atoms with Gasteiger partial charge in [-0.1, -0.05) is 30.3 Å². The van der Waals surface area contributed by atoms with Crippen LogP contribution >= 0.6 is 23.7 Å². The molecule has 0 aliphatic carbocycles. The van der Waals surface area contributed by atoms with E-state index in [1.54, 1.807) is 11.3 Å². The summed E-state index contributed by atoms with van der Waals surface area (Å²) in [6.07, 6.45) is 0. The summed E-state index contributed by atoms with van der Waals surface area (Å²) in [6, 6.07) is 9.35. The monoisotopic (exact) mass is 341 g/mol. The van der Waals surface area contributed by atoms with Gasteiger partial charge in [-0.25, -0.2) is 4.98 Å². The molecule has 0 aliphatic rings. The number of benzene rings is 1. The fourth-order valence-electron chi connectivity index (χ4n) is 1.85. The van der Waals surface area contributed by atoms with Crippen molar-refractivity contribution < 1.29 is 9.53 Å². The summed E-state index contributed by atoms with van der Waals surface area (Å²) in [5.41, 5.74) is 7.69. The summed E-state index contributed by atoms with van der Waals surface area (Å²) >= 11 is 1.58. The second kappa shape index (κ2) is 8.85. The van der Waals surface area contributed by atoms with Crippen LogP contribution in [-0.4, -0.2) is 30.6 Å². The van der Waals surface area contributed by atoms with Crippen molar-refractivity contribution in [3.05, 3.63) is 40.9 Å². The highest BCUT2D eigenvalue weighted by atomic mass is 35.5. The van der Waals surface area contributed by atoms with Gasteiger partial charge in [0.05, 0.1) is 18.8 Å². The summed E-state index contributed by atoms with van der Waals surface area (Å²) in [4.78, 5) is 17.3. The van der Waals surface area contributed by atoms with E-state index in [1.807, 2.05) is 37.3 Å². The molecule has 5 nitrogen and oxygen atoms in total. The lowest BCUT2D eigenvalue weighted by atomic mass is 10.2. The average Bonchev–Trinajstić information content (AvgIpc) is 2.87. The van der Waals surface area contributed by atoms with Crippen LogP contribution in [0.3, 0.4) is 0 Å². The van der Waals surface area contributed by atoms with Gasteiger partial charge in [0.2, 0.25) is 5.91 Å². The zero-order chi connectivity index (χ0) is 15.2. The van der Waals surface area contributed by atoms with Crippen LogP contribution in [0.25, 0.3) is 10.6 Å². The van der Waals surface area contributed by atoms with E-state index in [0.29, 0.717) is 6.54 Å². The number of amides is 1. The first kappa shape index (κ1) is 18.6. The van der Waals surface area contributed by atoms with Gasteiger partial charge in [-0.15, -0.1) is 23.7 Å². The number of hydrogen-bond acceptors (Lipinski definition) is 5. The Hall–Kier alpha value is -1.47. The molecule has 1 amide bonds. The first-order chi connectivity index (χ1) is 10.1. The highest BCUT2D eigenvalue weighted by Crippen LogP contribution is 2.27. The van der Waals surface area contributed by atoms with Crippen LogP contribution in [0.15, 0.2) is 30.3 Å². The third kappa shape index (κ3) is 4.78. The van der Waals surface area contributed by atoms with Gasteiger partial charge in [-0.05, 0) is 6.92 Å². The lowest BCUT2D eigenvalue weighted by Gasteiger charge is -2.10. The van der Waals surface area contributed by atoms with Gasteiger partial charge in [-0.2, -0.15) is 0 Å². The number of carbonyl (C=O) groups is 1. The molecule has 1 unspecified atom stereocenters. The third-order valence-corrected chi connectivity index (χ3v) is 4.23. The van der Waals surface area contributed by atoms with Crippen molar-refractivity contribution in [1.29, 1.82) is 0 Å². The summed E-state index contributed by atoms with van der Waals surface area (Å²) < 4.78 is 4.87. The molecule has 1 atom stereocenters. The van der Waals surface area contributed by atoms with Crippen molar-refractivity contribution in [2.45, 2.75) is 19.5 Å². The molecule has 0 radical (unpaired) electrons. The van der Waals surface area contributed by atoms with E-state index in [2.05, 4.69) is 10.3 Å². The summed E-state index contributed by atoms with van der Waals surface area (Å²) in [5.74, 6) is -0.217. The number of nitrogens with one attached hydrogen (secondary N) is 1. The molecule has 2 rings (SSSR count). The van der Waals surface area contributed by atoms with Crippen molar-refractivity contribution in [2.24, 2.45) is 5.73 Å². The molecular formula is C15H20ClN3O2S. The molecule has 0 saturated heterocycles. The van der Waals surface area contributed by atoms with E-state index in [9.17, 15) is 4.79 Å². The SMILES string of the molecule is COCC(N)C(=O)NCc1sc(-c2ccccc2)nc1C.Cl. The molecule has 0 spiro atoms. The maximum absolute atomic E-state index is 11.8. The van der Waals surface area contributed by atoms with Gasteiger partial charge >= 0.3 is 0 Å². The number of methoxy groups -OCH3 is 1. The Kier molecular flexibility index (Phi) is 7.47. The fraction of sp³-hybridized carbons (Fsp3) is 0.333. The van der Waals surface area contributed by atoms with Crippen LogP contribution in [0.4, 0.5) is 0 Å². The molecular weight excluding hydrogens is 322 g/mol. The third-order valence-electron chi connectivity index (χ3n) is 3.02. The number of hydrogen-bond donors (Lipinski definition) is 2. The highest BCUT2D eigenvalue weighted by molar-refractivity contribution is 7.15. The molecule has 3 N–H and O–H groups in total. The van der Waals surface area contributed by atoms with Crippen LogP contribution in [0.5, 0.6) is 0 Å². The number of nitrogens with two attached hydrogens (primary N) is 1. The quantitative estimate of drug-likeness (QED) is 0.843. The largest absolute Gasteiger partial charge is 0.383 e. The predicted molar refractivity (Wildman–Crippen MR) is 91.2 cm³/mol. The van der Waals surface area contributed by atoms with E-state index in [-0.39, 0.29) is 24.9 Å². The minimum Gasteiger partial charge on any atom is -0.383 e. The van der Waals surface area contributed by atoms with Gasteiger partial charge in [0.15, 0.2) is 0 Å². The van der Waals surface area contributed by atoms with Gasteiger partial charge in [0.25, 0.3) is 0 Å². The summed E-state index contributed by atoms with van der Waals surface area (Å²) in [7, 11) is 1.52. The number of rotatable bonds is 6. The first-order valence-corrected chi connectivity index (χ1v) is 7.47. The number of ether oxygens (including phenoxy) is 1. The lowest BCUT2D eigenvalue weighted by Crippen LogP contribution is -2.43. The number of aromatic nitrogens is 1. The van der Waals surface area contributed by atoms with Gasteiger partial charge in [0, 0.05) is 17.6 Å². The van der Waals surface area contributed by atoms with Crippen molar-refractivity contribution >= 4 is 29.7 Å². The first-order valence-electron chi connectivity index (χ1n) is 6.65. The highest BCUT2D eigenvalue weighted by Gasteiger charge is 2.14. The van der Waals surface area contributed by atoms with Gasteiger partial charge in [-0.3, -0.25) is 4.79 Å². The Morgan fingerprint density at radius 2 is 2.09 bits per heavy atom. The zero-order valence-corrected chi connectivity index (χ0v) is 14.2. The van der Waals surface area contributed by atoms with Crippen molar-refractivity contribution in [1.82, 2.24) is 10.3 Å². The van der Waals surface area contributed by atoms with Gasteiger partial charge in [0.1, 0.15) is 11.0 Å². The second-order valence-corrected chi connectivity index (χ2v) is 5.76. The molecule has 2 aromatic rings. The molecule has 1 aromatic heterocycles. The van der Waals surface area contributed by atoms with E-state index < -0.39 is 6.04 Å². The Balaban J connectivity index is 0.00000242. The van der Waals surface area contributed by atoms with Crippen molar-refractivity contribution in [3.8, 4) is 10.6 Å². The Bertz CT molecular complexity index is 604. The Morgan fingerprint density at radius 3 is 2.73 bits per heavy atom. The normalized spacial score (nSPS) is 11.6. The molecule has 120 valence electrons. The predicted octanol–water partition coefficient (Wildman–Crippen LogP) is 2.13. The molecule has 0 bridgehead atoms. The summed E-state index contributed by atoms with van der Waals surface area (Å²) in [6.45, 7) is 2.59. The lowest BCUT2D eigenvalue weighted by molar-refractivity contribution is -0.123. The standard InChI is InChI=1S/C15H19N3O2S.ClH/c1-10-13(8-17-14(19)12(16)9-20-2)21-15(18-10)11-6-4-3-5-7-11;/h3-7,12H,8-9,16H2,1-2H3,(H,17,19);1H. The Labute approximate surface area is 140 Å². The molecule has 1 heterocycles. The van der Waals surface area contributed by atoms with Crippen LogP contribution in [0, 0.1) is 6.92 Å². The maximum atomic E-state index is 11.8. The number of thiazole rings is 1. The van der Waals surface area contributed by atoms with Crippen LogP contribution in [0.2, 0.25) is 0 Å². The van der Waals surface area contributed by atoms with Gasteiger partial charge < -0.3 is 15.8 Å². The van der Waals surface area contributed by atoms with Crippen LogP contribution < -0.4 is 11.1 Å². The zero-order valence-electron chi connectivity index (χ0n) is 12.5. The average molecular weight is 342 g/mol. The maximum Gasteiger partial charge on any atom is 0.239 e. The number of nitrogens with zero attached hydrogens (tertiary/aromatic N) is 1. The molecule has 0 aliphatic heterocycles. The Morgan fingerprint density at radius 1 is 1.41 bits per heavy atom. The number of aryl methyl sites for hydroxylation is 1. The fourth-order valence-corrected chi connectivity index (χ4v) is 2.86. The molecule has 0 saturated carbocycles. The smallest absolute Gasteiger partial charge is 0.239 e. The number of carbonyl (C=O) groups excluding carboxylic acids is 1. The van der Waals surface area contributed by atoms with E-state index >= 15 is 0 Å². The minimum absolute atomic E-state index is 0. The molecule has 1 aromatic carbocycles. The van der Waals surface area contributed by atoms with Crippen molar-refractivity contribution in [3.63, 3.8) is 0 Å². The van der Waals surface area contributed by atoms with Crippen LogP contribution in [0.1, 0.15) is 10.6 Å². The topological polar surface area (TPSA) is 77.2 Å². The number of halogens is 1. The molecule has 22 heavy (non-hydrogen) atoms. The summed E-state index contributed by atoms with van der Waals surface area (Å²) in [5, 5.41) is 3.77. The second-order valence-electron chi connectivity index (χ2n) is 4.67. The van der Waals surface area contributed by atoms with E-state index in [0.717, 1.165) is 21.1 Å². The van der Waals surface area contributed by atoms with E-state index in [4.69, 9.17) is 10.5 Å². The molecule has 7 heteroatoms. The minimum atomic E-state index is -0.642.